The summed E-state index contributed by atoms with van der Waals surface area (Å²) in [5.74, 6) is 0. The van der Waals surface area contributed by atoms with Crippen molar-refractivity contribution in [2.45, 2.75) is 13.3 Å². The van der Waals surface area contributed by atoms with Gasteiger partial charge in [-0.1, -0.05) is 31.2 Å². The first-order valence-corrected chi connectivity index (χ1v) is 4.91. The predicted molar refractivity (Wildman–Crippen MR) is 59.4 cm³/mol. The Hall–Kier alpha value is -1.58. The lowest BCUT2D eigenvalue weighted by Crippen LogP contribution is -2.10. The van der Waals surface area contributed by atoms with Crippen LogP contribution >= 0.6 is 0 Å². The summed E-state index contributed by atoms with van der Waals surface area (Å²) < 4.78 is 0. The molecule has 0 fully saturated rings. The fourth-order valence-corrected chi connectivity index (χ4v) is 1.63. The Balaban J connectivity index is 2.57. The van der Waals surface area contributed by atoms with E-state index in [1.165, 1.54) is 5.56 Å². The number of hydrogen-bond acceptors (Lipinski definition) is 3. The number of hydrogen-bond donors (Lipinski definition) is 2. The zero-order valence-corrected chi connectivity index (χ0v) is 8.51. The highest BCUT2D eigenvalue weighted by molar-refractivity contribution is 5.86. The minimum atomic E-state index is 0.137. The molecule has 3 heteroatoms. The van der Waals surface area contributed by atoms with Crippen molar-refractivity contribution < 1.29 is 10.4 Å². The Morgan fingerprint density at radius 1 is 1.00 bits per heavy atom. The molecular formula is C12H13NO2. The average Bonchev–Trinajstić information content (AvgIpc) is 2.27. The quantitative estimate of drug-likeness (QED) is 0.737. The molecule has 0 spiro atoms. The van der Waals surface area contributed by atoms with Gasteiger partial charge in [0.2, 0.25) is 0 Å². The summed E-state index contributed by atoms with van der Waals surface area (Å²) in [5, 5.41) is 20.0. The molecule has 0 unspecified atom stereocenters. The molecule has 3 nitrogen and oxygen atoms in total. The summed E-state index contributed by atoms with van der Waals surface area (Å²) in [6, 6.07) is 11.4. The van der Waals surface area contributed by atoms with Crippen LogP contribution in [0.1, 0.15) is 12.5 Å². The summed E-state index contributed by atoms with van der Waals surface area (Å²) in [6.45, 7) is 2.09. The first kappa shape index (κ1) is 9.96. The zero-order valence-electron chi connectivity index (χ0n) is 8.51. The van der Waals surface area contributed by atoms with Crippen LogP contribution in [0.4, 0.5) is 5.69 Å². The summed E-state index contributed by atoms with van der Waals surface area (Å²) in [4.78, 5) is 0. The van der Waals surface area contributed by atoms with Gasteiger partial charge in [-0.05, 0) is 34.9 Å². The van der Waals surface area contributed by atoms with Crippen LogP contribution in [0.5, 0.6) is 0 Å². The third-order valence-electron chi connectivity index (χ3n) is 2.53. The van der Waals surface area contributed by atoms with Crippen molar-refractivity contribution in [3.8, 4) is 0 Å². The van der Waals surface area contributed by atoms with Crippen LogP contribution in [-0.2, 0) is 6.42 Å². The van der Waals surface area contributed by atoms with E-state index in [1.807, 2.05) is 12.1 Å². The summed E-state index contributed by atoms with van der Waals surface area (Å²) in [7, 11) is 0. The van der Waals surface area contributed by atoms with E-state index in [0.29, 0.717) is 5.69 Å². The number of anilines is 1. The fourth-order valence-electron chi connectivity index (χ4n) is 1.63. The van der Waals surface area contributed by atoms with E-state index in [0.717, 1.165) is 17.2 Å². The van der Waals surface area contributed by atoms with Crippen molar-refractivity contribution in [2.24, 2.45) is 0 Å². The molecule has 0 aliphatic carbocycles. The standard InChI is InChI=1S/C12H13NO2/c1-2-9-3-4-10-5-6-12(13(14)15)8-11(10)7-9/h3-8,14-15H,2H2,1H3. The lowest BCUT2D eigenvalue weighted by molar-refractivity contribution is 0.0292. The second kappa shape index (κ2) is 3.88. The van der Waals surface area contributed by atoms with Crippen molar-refractivity contribution in [3.05, 3.63) is 42.0 Å². The highest BCUT2D eigenvalue weighted by atomic mass is 16.8. The molecule has 0 aromatic heterocycles. The lowest BCUT2D eigenvalue weighted by atomic mass is 10.1. The highest BCUT2D eigenvalue weighted by Gasteiger charge is 2.01. The van der Waals surface area contributed by atoms with Crippen molar-refractivity contribution in [1.82, 2.24) is 0 Å². The minimum Gasteiger partial charge on any atom is -0.264 e. The van der Waals surface area contributed by atoms with Crippen molar-refractivity contribution in [3.63, 3.8) is 0 Å². The molecular weight excluding hydrogens is 190 g/mol. The van der Waals surface area contributed by atoms with Gasteiger partial charge in [0.1, 0.15) is 0 Å². The Bertz CT molecular complexity index is 480. The Morgan fingerprint density at radius 3 is 2.40 bits per heavy atom. The van der Waals surface area contributed by atoms with E-state index in [9.17, 15) is 0 Å². The van der Waals surface area contributed by atoms with E-state index in [-0.39, 0.29) is 5.23 Å². The van der Waals surface area contributed by atoms with Gasteiger partial charge in [-0.25, -0.2) is 0 Å². The molecule has 2 rings (SSSR count). The minimum absolute atomic E-state index is 0.137. The van der Waals surface area contributed by atoms with Crippen molar-refractivity contribution in [1.29, 1.82) is 0 Å². The molecule has 0 radical (unpaired) electrons. The fraction of sp³-hybridized carbons (Fsp3) is 0.167. The molecule has 15 heavy (non-hydrogen) atoms. The normalized spacial score (nSPS) is 10.6. The van der Waals surface area contributed by atoms with Gasteiger partial charge in [-0.15, -0.1) is 5.23 Å². The maximum absolute atomic E-state index is 8.90. The Kier molecular flexibility index (Phi) is 2.58. The molecule has 0 saturated heterocycles. The van der Waals surface area contributed by atoms with E-state index in [1.54, 1.807) is 12.1 Å². The van der Waals surface area contributed by atoms with Crippen LogP contribution < -0.4 is 5.23 Å². The van der Waals surface area contributed by atoms with Gasteiger partial charge in [-0.3, -0.25) is 10.4 Å². The average molecular weight is 203 g/mol. The third-order valence-corrected chi connectivity index (χ3v) is 2.53. The molecule has 2 N–H and O–H groups in total. The van der Waals surface area contributed by atoms with Crippen LogP contribution in [-0.4, -0.2) is 10.4 Å². The maximum Gasteiger partial charge on any atom is 0.0949 e. The SMILES string of the molecule is CCc1ccc2ccc(N(O)O)cc2c1. The van der Waals surface area contributed by atoms with Gasteiger partial charge in [0.05, 0.1) is 5.69 Å². The van der Waals surface area contributed by atoms with Gasteiger partial charge in [0.25, 0.3) is 0 Å². The van der Waals surface area contributed by atoms with Gasteiger partial charge >= 0.3 is 0 Å². The maximum atomic E-state index is 8.90. The van der Waals surface area contributed by atoms with E-state index in [2.05, 4.69) is 19.1 Å². The van der Waals surface area contributed by atoms with E-state index in [4.69, 9.17) is 10.4 Å². The van der Waals surface area contributed by atoms with Crippen LogP contribution in [0.2, 0.25) is 0 Å². The summed E-state index contributed by atoms with van der Waals surface area (Å²) in [5.41, 5.74) is 1.61. The number of nitrogens with zero attached hydrogens (tertiary/aromatic N) is 1. The van der Waals surface area contributed by atoms with Crippen LogP contribution in [0.15, 0.2) is 36.4 Å². The first-order chi connectivity index (χ1) is 7.20. The second-order valence-corrected chi connectivity index (χ2v) is 3.51. The van der Waals surface area contributed by atoms with E-state index < -0.39 is 0 Å². The molecule has 0 aliphatic heterocycles. The number of fused-ring (bicyclic) bond motifs is 1. The van der Waals surface area contributed by atoms with Crippen LogP contribution in [0.25, 0.3) is 10.8 Å². The van der Waals surface area contributed by atoms with Gasteiger partial charge in [0, 0.05) is 0 Å². The summed E-state index contributed by atoms with van der Waals surface area (Å²) in [6.07, 6.45) is 0.974. The molecule has 0 heterocycles. The van der Waals surface area contributed by atoms with Crippen molar-refractivity contribution in [2.75, 3.05) is 5.23 Å². The second-order valence-electron chi connectivity index (χ2n) is 3.51. The topological polar surface area (TPSA) is 43.7 Å². The predicted octanol–water partition coefficient (Wildman–Crippen LogP) is 2.99. The smallest absolute Gasteiger partial charge is 0.0949 e. The molecule has 0 bridgehead atoms. The van der Waals surface area contributed by atoms with Gasteiger partial charge < -0.3 is 0 Å². The molecule has 78 valence electrons. The zero-order chi connectivity index (χ0) is 10.8. The third kappa shape index (κ3) is 1.93. The molecule has 0 saturated carbocycles. The van der Waals surface area contributed by atoms with Crippen LogP contribution in [0.3, 0.4) is 0 Å². The highest BCUT2D eigenvalue weighted by Crippen LogP contribution is 2.22. The van der Waals surface area contributed by atoms with Crippen LogP contribution in [0, 0.1) is 0 Å². The molecule has 0 atom stereocenters. The summed E-state index contributed by atoms with van der Waals surface area (Å²) >= 11 is 0. The number of benzene rings is 2. The lowest BCUT2D eigenvalue weighted by Gasteiger charge is -2.09. The van der Waals surface area contributed by atoms with E-state index >= 15 is 0 Å². The molecule has 2 aromatic rings. The number of aryl methyl sites for hydroxylation is 1. The van der Waals surface area contributed by atoms with Crippen molar-refractivity contribution >= 4 is 16.5 Å². The Labute approximate surface area is 88.1 Å². The Morgan fingerprint density at radius 2 is 1.73 bits per heavy atom. The van der Waals surface area contributed by atoms with Gasteiger partial charge in [-0.2, -0.15) is 0 Å². The molecule has 0 amide bonds. The monoisotopic (exact) mass is 203 g/mol. The number of rotatable bonds is 2. The van der Waals surface area contributed by atoms with Gasteiger partial charge in [0.15, 0.2) is 0 Å². The first-order valence-electron chi connectivity index (χ1n) is 4.91. The molecule has 0 aliphatic rings. The largest absolute Gasteiger partial charge is 0.264 e. The molecule has 2 aromatic carbocycles.